The first kappa shape index (κ1) is 30.1. The summed E-state index contributed by atoms with van der Waals surface area (Å²) in [6.07, 6.45) is 8.57. The first-order valence-corrected chi connectivity index (χ1v) is 19.1. The minimum Gasteiger partial charge on any atom is -0.135 e. The van der Waals surface area contributed by atoms with Gasteiger partial charge in [-0.15, -0.1) is 22.7 Å². The predicted octanol–water partition coefficient (Wildman–Crippen LogP) is 15.3. The van der Waals surface area contributed by atoms with E-state index < -0.39 is 0 Å². The van der Waals surface area contributed by atoms with Crippen LogP contribution in [-0.2, 0) is 0 Å². The zero-order valence-electron chi connectivity index (χ0n) is 28.1. The Morgan fingerprint density at radius 3 is 1.67 bits per heavy atom. The minimum atomic E-state index is 1.22. The van der Waals surface area contributed by atoms with Crippen LogP contribution in [0, 0.1) is 0 Å². The van der Waals surface area contributed by atoms with Gasteiger partial charge in [-0.1, -0.05) is 146 Å². The minimum absolute atomic E-state index is 1.22. The van der Waals surface area contributed by atoms with E-state index in [0.29, 0.717) is 0 Å². The molecule has 0 bridgehead atoms. The number of fused-ring (bicyclic) bond motifs is 9. The average Bonchev–Trinajstić information content (AvgIpc) is 3.75. The van der Waals surface area contributed by atoms with Gasteiger partial charge in [0.25, 0.3) is 0 Å². The first-order chi connectivity index (χ1) is 25.2. The van der Waals surface area contributed by atoms with Crippen molar-refractivity contribution < 1.29 is 0 Å². The van der Waals surface area contributed by atoms with Crippen LogP contribution in [0.15, 0.2) is 170 Å². The zero-order chi connectivity index (χ0) is 33.9. The molecule has 51 heavy (non-hydrogen) atoms. The second-order valence-electron chi connectivity index (χ2n) is 13.2. The fourth-order valence-corrected chi connectivity index (χ4v) is 10.3. The van der Waals surface area contributed by atoms with Gasteiger partial charge in [0.2, 0.25) is 0 Å². The number of benzene rings is 8. The topological polar surface area (TPSA) is 0 Å². The third-order valence-electron chi connectivity index (χ3n) is 10.2. The molecule has 2 heterocycles. The SMILES string of the molecule is C/C=C\C=C/c1cc(-c2ccc3c(c2)sc2cc(-c4cc5c6ccccc6sc5c5ccccc45)ccc23)c2ccccc2c1-c1ccccc1. The molecule has 240 valence electrons. The standard InChI is InChI=1S/C49H32S2/c1-2-3-5-16-34-27-42(35-17-8-10-20-40(35)48(34)31-14-6-4-7-15-31)32-23-25-38-39-26-24-33(29-47(39)50-46(38)28-32)43-30-44-37-19-12-13-22-45(37)51-49(44)41-21-11-9-18-36(41)43/h2-30H,1H3/b3-2-,16-5-. The fraction of sp³-hybridized carbons (Fsp3) is 0.0204. The number of rotatable bonds is 5. The molecule has 2 heteroatoms. The normalized spacial score (nSPS) is 12.3. The summed E-state index contributed by atoms with van der Waals surface area (Å²) in [5, 5.41) is 10.5. The second kappa shape index (κ2) is 12.2. The van der Waals surface area contributed by atoms with E-state index in [4.69, 9.17) is 0 Å². The van der Waals surface area contributed by atoms with Gasteiger partial charge in [-0.2, -0.15) is 0 Å². The van der Waals surface area contributed by atoms with Gasteiger partial charge < -0.3 is 0 Å². The van der Waals surface area contributed by atoms with Crippen molar-refractivity contribution in [1.82, 2.24) is 0 Å². The Labute approximate surface area is 304 Å². The smallest absolute Gasteiger partial charge is 0.0434 e. The van der Waals surface area contributed by atoms with Gasteiger partial charge in [-0.25, -0.2) is 0 Å². The summed E-state index contributed by atoms with van der Waals surface area (Å²) in [6.45, 7) is 2.06. The lowest BCUT2D eigenvalue weighted by Gasteiger charge is -2.16. The first-order valence-electron chi connectivity index (χ1n) is 17.5. The van der Waals surface area contributed by atoms with Gasteiger partial charge in [-0.05, 0) is 92.4 Å². The third-order valence-corrected chi connectivity index (χ3v) is 12.5. The molecule has 0 nitrogen and oxygen atoms in total. The van der Waals surface area contributed by atoms with Gasteiger partial charge in [0.05, 0.1) is 0 Å². The van der Waals surface area contributed by atoms with Gasteiger partial charge in [0.1, 0.15) is 0 Å². The summed E-state index contributed by atoms with van der Waals surface area (Å²) >= 11 is 3.80. The predicted molar refractivity (Wildman–Crippen MR) is 227 cm³/mol. The molecular formula is C49H32S2. The summed E-state index contributed by atoms with van der Waals surface area (Å²) in [5.74, 6) is 0. The molecule has 0 aliphatic rings. The molecule has 10 rings (SSSR count). The molecule has 0 unspecified atom stereocenters. The zero-order valence-corrected chi connectivity index (χ0v) is 29.7. The summed E-state index contributed by atoms with van der Waals surface area (Å²) in [5.41, 5.74) is 8.78. The molecule has 0 fully saturated rings. The third kappa shape index (κ3) is 4.94. The maximum Gasteiger partial charge on any atom is 0.0434 e. The maximum atomic E-state index is 2.43. The monoisotopic (exact) mass is 684 g/mol. The largest absolute Gasteiger partial charge is 0.135 e. The molecule has 0 N–H and O–H groups in total. The van der Waals surface area contributed by atoms with E-state index in [1.54, 1.807) is 0 Å². The van der Waals surface area contributed by atoms with E-state index in [1.807, 2.05) is 22.7 Å². The number of hydrogen-bond acceptors (Lipinski definition) is 2. The van der Waals surface area contributed by atoms with E-state index in [-0.39, 0.29) is 0 Å². The molecule has 0 aliphatic carbocycles. The van der Waals surface area contributed by atoms with Crippen molar-refractivity contribution in [3.63, 3.8) is 0 Å². The van der Waals surface area contributed by atoms with Gasteiger partial charge in [0.15, 0.2) is 0 Å². The summed E-state index contributed by atoms with van der Waals surface area (Å²) in [4.78, 5) is 0. The molecule has 0 radical (unpaired) electrons. The Hall–Kier alpha value is -5.80. The maximum absolute atomic E-state index is 2.43. The van der Waals surface area contributed by atoms with Crippen molar-refractivity contribution in [3.05, 3.63) is 175 Å². The Kier molecular flexibility index (Phi) is 7.20. The van der Waals surface area contributed by atoms with E-state index in [0.717, 1.165) is 0 Å². The molecule has 2 aromatic heterocycles. The highest BCUT2D eigenvalue weighted by Crippen LogP contribution is 2.45. The highest BCUT2D eigenvalue weighted by molar-refractivity contribution is 7.27. The van der Waals surface area contributed by atoms with Gasteiger partial charge in [-0.3, -0.25) is 0 Å². The van der Waals surface area contributed by atoms with Crippen LogP contribution in [0.2, 0.25) is 0 Å². The van der Waals surface area contributed by atoms with Crippen molar-refractivity contribution in [3.8, 4) is 33.4 Å². The Balaban J connectivity index is 1.15. The van der Waals surface area contributed by atoms with Gasteiger partial charge >= 0.3 is 0 Å². The fourth-order valence-electron chi connectivity index (χ4n) is 7.86. The van der Waals surface area contributed by atoms with E-state index >= 15 is 0 Å². The van der Waals surface area contributed by atoms with Crippen LogP contribution in [0.3, 0.4) is 0 Å². The van der Waals surface area contributed by atoms with Crippen molar-refractivity contribution in [2.45, 2.75) is 6.92 Å². The van der Waals surface area contributed by atoms with Crippen molar-refractivity contribution >= 4 is 90.6 Å². The molecule has 0 atom stereocenters. The molecule has 0 saturated carbocycles. The molecule has 0 spiro atoms. The van der Waals surface area contributed by atoms with Crippen LogP contribution in [0.1, 0.15) is 12.5 Å². The molecule has 0 amide bonds. The molecule has 10 aromatic rings. The van der Waals surface area contributed by atoms with Crippen LogP contribution in [0.4, 0.5) is 0 Å². The lowest BCUT2D eigenvalue weighted by Crippen LogP contribution is -1.90. The average molecular weight is 685 g/mol. The summed E-state index contributed by atoms with van der Waals surface area (Å²) in [6, 6.07) is 56.3. The summed E-state index contributed by atoms with van der Waals surface area (Å²) < 4.78 is 5.34. The molecule has 0 aliphatic heterocycles. The van der Waals surface area contributed by atoms with Crippen LogP contribution in [0.25, 0.3) is 101 Å². The number of hydrogen-bond donors (Lipinski definition) is 0. The Bertz CT molecular complexity index is 3020. The van der Waals surface area contributed by atoms with Crippen molar-refractivity contribution in [2.24, 2.45) is 0 Å². The van der Waals surface area contributed by atoms with Crippen LogP contribution < -0.4 is 0 Å². The molecule has 0 saturated heterocycles. The lowest BCUT2D eigenvalue weighted by atomic mass is 9.87. The second-order valence-corrected chi connectivity index (χ2v) is 15.3. The molecule has 8 aromatic carbocycles. The highest BCUT2D eigenvalue weighted by atomic mass is 32.1. The lowest BCUT2D eigenvalue weighted by molar-refractivity contribution is 1.61. The van der Waals surface area contributed by atoms with Crippen LogP contribution in [-0.4, -0.2) is 0 Å². The quantitative estimate of drug-likeness (QED) is 0.158. The van der Waals surface area contributed by atoms with E-state index in [9.17, 15) is 0 Å². The van der Waals surface area contributed by atoms with Crippen LogP contribution >= 0.6 is 22.7 Å². The summed E-state index contributed by atoms with van der Waals surface area (Å²) in [7, 11) is 0. The number of thiophene rings is 2. The number of allylic oxidation sites excluding steroid dienone is 3. The Morgan fingerprint density at radius 2 is 0.961 bits per heavy atom. The Morgan fingerprint density at radius 1 is 0.392 bits per heavy atom. The highest BCUT2D eigenvalue weighted by Gasteiger charge is 2.17. The van der Waals surface area contributed by atoms with E-state index in [1.165, 1.54) is 101 Å². The molecular weight excluding hydrogens is 653 g/mol. The van der Waals surface area contributed by atoms with Gasteiger partial charge in [0, 0.05) is 45.7 Å². The van der Waals surface area contributed by atoms with Crippen molar-refractivity contribution in [2.75, 3.05) is 0 Å². The van der Waals surface area contributed by atoms with Crippen LogP contribution in [0.5, 0.6) is 0 Å². The van der Waals surface area contributed by atoms with Crippen molar-refractivity contribution in [1.29, 1.82) is 0 Å². The van der Waals surface area contributed by atoms with E-state index in [2.05, 4.69) is 183 Å².